The van der Waals surface area contributed by atoms with Crippen LogP contribution in [0.4, 0.5) is 0 Å². The number of nitrogens with zero attached hydrogens (tertiary/aromatic N) is 1. The highest BCUT2D eigenvalue weighted by molar-refractivity contribution is 5.23. The molecule has 1 aromatic rings. The lowest BCUT2D eigenvalue weighted by atomic mass is 9.87. The molecule has 0 fully saturated rings. The molecule has 66 valence electrons. The van der Waals surface area contributed by atoms with Crippen LogP contribution in [0.3, 0.4) is 0 Å². The summed E-state index contributed by atoms with van der Waals surface area (Å²) in [4.78, 5) is 4.27. The van der Waals surface area contributed by atoms with Gasteiger partial charge in [0.05, 0.1) is 0 Å². The number of aryl methyl sites for hydroxylation is 1. The molecule has 0 aliphatic carbocycles. The van der Waals surface area contributed by atoms with Crippen LogP contribution in [0.1, 0.15) is 39.0 Å². The van der Waals surface area contributed by atoms with E-state index in [-0.39, 0.29) is 5.41 Å². The standard InChI is InChI=1S/C11H17N/c1-5-10-8-9(6-7-12-10)11(2,3)4/h6-8H,5H2,1-4H3. The van der Waals surface area contributed by atoms with Gasteiger partial charge in [-0.1, -0.05) is 27.7 Å². The predicted octanol–water partition coefficient (Wildman–Crippen LogP) is 2.94. The summed E-state index contributed by atoms with van der Waals surface area (Å²) < 4.78 is 0. The van der Waals surface area contributed by atoms with Gasteiger partial charge in [-0.15, -0.1) is 0 Å². The molecule has 0 bridgehead atoms. The van der Waals surface area contributed by atoms with Crippen LogP contribution in [0, 0.1) is 0 Å². The summed E-state index contributed by atoms with van der Waals surface area (Å²) in [6, 6.07) is 4.29. The average molecular weight is 163 g/mol. The quantitative estimate of drug-likeness (QED) is 0.620. The Hall–Kier alpha value is -0.850. The zero-order valence-corrected chi connectivity index (χ0v) is 8.39. The van der Waals surface area contributed by atoms with Gasteiger partial charge < -0.3 is 0 Å². The number of hydrogen-bond donors (Lipinski definition) is 0. The molecule has 0 aromatic carbocycles. The Morgan fingerprint density at radius 2 is 2.00 bits per heavy atom. The summed E-state index contributed by atoms with van der Waals surface area (Å²) in [6.45, 7) is 8.81. The third kappa shape index (κ3) is 2.07. The van der Waals surface area contributed by atoms with Crippen molar-refractivity contribution in [2.75, 3.05) is 0 Å². The molecule has 1 heterocycles. The van der Waals surface area contributed by atoms with Crippen LogP contribution in [0.5, 0.6) is 0 Å². The van der Waals surface area contributed by atoms with Gasteiger partial charge in [-0.25, -0.2) is 0 Å². The molecule has 0 N–H and O–H groups in total. The van der Waals surface area contributed by atoms with Crippen molar-refractivity contribution in [2.45, 2.75) is 39.5 Å². The minimum absolute atomic E-state index is 0.243. The Morgan fingerprint density at radius 3 is 2.50 bits per heavy atom. The Morgan fingerprint density at radius 1 is 1.33 bits per heavy atom. The minimum Gasteiger partial charge on any atom is -0.261 e. The minimum atomic E-state index is 0.243. The maximum atomic E-state index is 4.27. The molecule has 1 rings (SSSR count). The van der Waals surface area contributed by atoms with E-state index in [2.05, 4.69) is 44.8 Å². The highest BCUT2D eigenvalue weighted by Gasteiger charge is 2.13. The molecular formula is C11H17N. The molecule has 0 radical (unpaired) electrons. The Labute approximate surface area is 74.8 Å². The van der Waals surface area contributed by atoms with E-state index in [0.717, 1.165) is 6.42 Å². The lowest BCUT2D eigenvalue weighted by molar-refractivity contribution is 0.588. The molecule has 0 unspecified atom stereocenters. The topological polar surface area (TPSA) is 12.9 Å². The van der Waals surface area contributed by atoms with Gasteiger partial charge in [0, 0.05) is 11.9 Å². The van der Waals surface area contributed by atoms with Gasteiger partial charge >= 0.3 is 0 Å². The number of aromatic nitrogens is 1. The van der Waals surface area contributed by atoms with Gasteiger partial charge in [0.1, 0.15) is 0 Å². The van der Waals surface area contributed by atoms with Crippen LogP contribution in [0.25, 0.3) is 0 Å². The van der Waals surface area contributed by atoms with Crippen LogP contribution in [-0.4, -0.2) is 4.98 Å². The first-order valence-electron chi connectivity index (χ1n) is 4.49. The molecule has 0 spiro atoms. The van der Waals surface area contributed by atoms with E-state index in [1.54, 1.807) is 0 Å². The zero-order chi connectivity index (χ0) is 9.19. The molecule has 0 aliphatic heterocycles. The SMILES string of the molecule is CCc1cc(C(C)(C)C)ccn1. The number of rotatable bonds is 1. The Bertz CT molecular complexity index is 258. The van der Waals surface area contributed by atoms with Crippen LogP contribution in [0.15, 0.2) is 18.3 Å². The first kappa shape index (κ1) is 9.24. The fourth-order valence-electron chi connectivity index (χ4n) is 1.14. The highest BCUT2D eigenvalue weighted by Crippen LogP contribution is 2.21. The third-order valence-electron chi connectivity index (χ3n) is 2.04. The van der Waals surface area contributed by atoms with Gasteiger partial charge in [-0.05, 0) is 29.5 Å². The van der Waals surface area contributed by atoms with Gasteiger partial charge in [-0.3, -0.25) is 4.98 Å². The summed E-state index contributed by atoms with van der Waals surface area (Å²) in [7, 11) is 0. The normalized spacial score (nSPS) is 11.7. The monoisotopic (exact) mass is 163 g/mol. The molecule has 12 heavy (non-hydrogen) atoms. The molecule has 1 nitrogen and oxygen atoms in total. The smallest absolute Gasteiger partial charge is 0.0403 e. The van der Waals surface area contributed by atoms with Crippen molar-refractivity contribution < 1.29 is 0 Å². The van der Waals surface area contributed by atoms with Crippen molar-refractivity contribution in [2.24, 2.45) is 0 Å². The van der Waals surface area contributed by atoms with E-state index in [0.29, 0.717) is 0 Å². The van der Waals surface area contributed by atoms with E-state index in [9.17, 15) is 0 Å². The van der Waals surface area contributed by atoms with E-state index in [1.165, 1.54) is 11.3 Å². The zero-order valence-electron chi connectivity index (χ0n) is 8.39. The molecule has 0 saturated carbocycles. The predicted molar refractivity (Wildman–Crippen MR) is 52.3 cm³/mol. The molecular weight excluding hydrogens is 146 g/mol. The molecule has 1 aromatic heterocycles. The third-order valence-corrected chi connectivity index (χ3v) is 2.04. The Balaban J connectivity index is 3.02. The molecule has 0 amide bonds. The van der Waals surface area contributed by atoms with Gasteiger partial charge in [-0.2, -0.15) is 0 Å². The van der Waals surface area contributed by atoms with Crippen molar-refractivity contribution in [3.05, 3.63) is 29.6 Å². The lowest BCUT2D eigenvalue weighted by Crippen LogP contribution is -2.11. The second-order valence-corrected chi connectivity index (χ2v) is 4.14. The largest absolute Gasteiger partial charge is 0.261 e. The maximum Gasteiger partial charge on any atom is 0.0403 e. The van der Waals surface area contributed by atoms with Crippen LogP contribution in [-0.2, 0) is 11.8 Å². The molecule has 0 aliphatic rings. The molecule has 1 heteroatoms. The fraction of sp³-hybridized carbons (Fsp3) is 0.545. The van der Waals surface area contributed by atoms with Crippen molar-refractivity contribution in [3.63, 3.8) is 0 Å². The fourth-order valence-corrected chi connectivity index (χ4v) is 1.14. The molecule has 0 saturated heterocycles. The number of pyridine rings is 1. The average Bonchev–Trinajstić information content (AvgIpc) is 2.03. The summed E-state index contributed by atoms with van der Waals surface area (Å²) >= 11 is 0. The van der Waals surface area contributed by atoms with Crippen LogP contribution in [0.2, 0.25) is 0 Å². The van der Waals surface area contributed by atoms with Crippen molar-refractivity contribution in [3.8, 4) is 0 Å². The van der Waals surface area contributed by atoms with Crippen LogP contribution < -0.4 is 0 Å². The second-order valence-electron chi connectivity index (χ2n) is 4.14. The van der Waals surface area contributed by atoms with E-state index in [4.69, 9.17) is 0 Å². The van der Waals surface area contributed by atoms with E-state index >= 15 is 0 Å². The van der Waals surface area contributed by atoms with Gasteiger partial charge in [0.15, 0.2) is 0 Å². The summed E-state index contributed by atoms with van der Waals surface area (Å²) in [5, 5.41) is 0. The first-order chi connectivity index (χ1) is 5.54. The Kier molecular flexibility index (Phi) is 2.51. The molecule has 0 atom stereocenters. The van der Waals surface area contributed by atoms with Gasteiger partial charge in [0.25, 0.3) is 0 Å². The van der Waals surface area contributed by atoms with Gasteiger partial charge in [0.2, 0.25) is 0 Å². The maximum absolute atomic E-state index is 4.27. The first-order valence-corrected chi connectivity index (χ1v) is 4.49. The van der Waals surface area contributed by atoms with Crippen molar-refractivity contribution >= 4 is 0 Å². The van der Waals surface area contributed by atoms with Crippen LogP contribution >= 0.6 is 0 Å². The summed E-state index contributed by atoms with van der Waals surface area (Å²) in [5.74, 6) is 0. The van der Waals surface area contributed by atoms with E-state index < -0.39 is 0 Å². The lowest BCUT2D eigenvalue weighted by Gasteiger charge is -2.19. The number of hydrogen-bond acceptors (Lipinski definition) is 1. The van der Waals surface area contributed by atoms with Crippen molar-refractivity contribution in [1.82, 2.24) is 4.98 Å². The van der Waals surface area contributed by atoms with E-state index in [1.807, 2.05) is 6.20 Å². The highest BCUT2D eigenvalue weighted by atomic mass is 14.7. The van der Waals surface area contributed by atoms with Crippen molar-refractivity contribution in [1.29, 1.82) is 0 Å². The summed E-state index contributed by atoms with van der Waals surface area (Å²) in [6.07, 6.45) is 2.92. The summed E-state index contributed by atoms with van der Waals surface area (Å²) in [5.41, 5.74) is 2.80. The second kappa shape index (κ2) is 3.26.